The van der Waals surface area contributed by atoms with Crippen molar-refractivity contribution in [3.63, 3.8) is 0 Å². The molecule has 1 heterocycles. The molecule has 1 unspecified atom stereocenters. The Morgan fingerprint density at radius 3 is 2.55 bits per heavy atom. The number of amides is 4. The Hall–Kier alpha value is -3.07. The molecule has 0 spiro atoms. The number of carbonyl (C=O) groups is 3. The molecule has 152 valence electrons. The number of hydrogen-bond acceptors (Lipinski definition) is 5. The molecule has 1 fully saturated rings. The highest BCUT2D eigenvalue weighted by Crippen LogP contribution is 2.34. The van der Waals surface area contributed by atoms with Gasteiger partial charge in [-0.1, -0.05) is 34.1 Å². The van der Waals surface area contributed by atoms with Gasteiger partial charge in [0.1, 0.15) is 23.6 Å². The quantitative estimate of drug-likeness (QED) is 0.644. The van der Waals surface area contributed by atoms with Gasteiger partial charge in [-0.05, 0) is 25.1 Å². The van der Waals surface area contributed by atoms with Crippen molar-refractivity contribution in [1.82, 2.24) is 10.2 Å². The Bertz CT molecular complexity index is 980. The maximum Gasteiger partial charge on any atom is 0.325 e. The number of halogens is 1. The van der Waals surface area contributed by atoms with Gasteiger partial charge in [-0.15, -0.1) is 0 Å². The SMILES string of the molecule is COc1ccc(OC)c(NC(=O)CN2C(=O)NC(C)(c3ccccc3Br)C2=O)c1. The summed E-state index contributed by atoms with van der Waals surface area (Å²) in [7, 11) is 2.97. The molecule has 0 aromatic heterocycles. The van der Waals surface area contributed by atoms with Crippen LogP contribution in [0, 0.1) is 0 Å². The fourth-order valence-corrected chi connectivity index (χ4v) is 3.82. The van der Waals surface area contributed by atoms with E-state index in [1.807, 2.05) is 6.07 Å². The first kappa shape index (κ1) is 20.7. The third-order valence-electron chi connectivity index (χ3n) is 4.67. The number of urea groups is 1. The van der Waals surface area contributed by atoms with Gasteiger partial charge in [-0.2, -0.15) is 0 Å². The van der Waals surface area contributed by atoms with Crippen molar-refractivity contribution in [2.75, 3.05) is 26.1 Å². The van der Waals surface area contributed by atoms with Crippen LogP contribution in [0.5, 0.6) is 11.5 Å². The van der Waals surface area contributed by atoms with Gasteiger partial charge in [-0.25, -0.2) is 4.79 Å². The largest absolute Gasteiger partial charge is 0.497 e. The van der Waals surface area contributed by atoms with E-state index in [-0.39, 0.29) is 0 Å². The fraction of sp³-hybridized carbons (Fsp3) is 0.250. The predicted octanol–water partition coefficient (Wildman–Crippen LogP) is 2.87. The monoisotopic (exact) mass is 461 g/mol. The zero-order valence-corrected chi connectivity index (χ0v) is 17.7. The summed E-state index contributed by atoms with van der Waals surface area (Å²) in [5, 5.41) is 5.34. The van der Waals surface area contributed by atoms with Gasteiger partial charge in [0.25, 0.3) is 5.91 Å². The summed E-state index contributed by atoms with van der Waals surface area (Å²) >= 11 is 3.41. The topological polar surface area (TPSA) is 97.0 Å². The highest BCUT2D eigenvalue weighted by atomic mass is 79.9. The molecule has 2 aromatic rings. The molecule has 1 saturated heterocycles. The molecule has 2 N–H and O–H groups in total. The smallest absolute Gasteiger partial charge is 0.325 e. The second-order valence-corrected chi connectivity index (χ2v) is 7.40. The molecule has 1 aliphatic heterocycles. The number of anilines is 1. The van der Waals surface area contributed by atoms with Crippen molar-refractivity contribution < 1.29 is 23.9 Å². The van der Waals surface area contributed by atoms with E-state index < -0.39 is 29.9 Å². The zero-order valence-electron chi connectivity index (χ0n) is 16.1. The van der Waals surface area contributed by atoms with Crippen molar-refractivity contribution >= 4 is 39.5 Å². The maximum absolute atomic E-state index is 13.0. The number of benzene rings is 2. The van der Waals surface area contributed by atoms with Crippen LogP contribution < -0.4 is 20.1 Å². The van der Waals surface area contributed by atoms with E-state index in [1.54, 1.807) is 43.3 Å². The molecule has 4 amide bonds. The van der Waals surface area contributed by atoms with E-state index in [1.165, 1.54) is 14.2 Å². The van der Waals surface area contributed by atoms with Crippen molar-refractivity contribution in [3.05, 3.63) is 52.5 Å². The van der Waals surface area contributed by atoms with Crippen LogP contribution in [-0.2, 0) is 15.1 Å². The Labute approximate surface area is 176 Å². The van der Waals surface area contributed by atoms with Crippen LogP contribution in [0.15, 0.2) is 46.9 Å². The number of hydrogen-bond donors (Lipinski definition) is 2. The second kappa shape index (κ2) is 8.12. The van der Waals surface area contributed by atoms with Gasteiger partial charge in [0.15, 0.2) is 0 Å². The average Bonchev–Trinajstić information content (AvgIpc) is 2.92. The molecule has 29 heavy (non-hydrogen) atoms. The molecule has 1 atom stereocenters. The van der Waals surface area contributed by atoms with Crippen molar-refractivity contribution in [2.24, 2.45) is 0 Å². The first-order valence-corrected chi connectivity index (χ1v) is 9.50. The lowest BCUT2D eigenvalue weighted by Crippen LogP contribution is -2.42. The predicted molar refractivity (Wildman–Crippen MR) is 110 cm³/mol. The molecular formula is C20H20BrN3O5. The molecule has 8 nitrogen and oxygen atoms in total. The Balaban J connectivity index is 1.79. The number of methoxy groups -OCH3 is 2. The van der Waals surface area contributed by atoms with Crippen LogP contribution >= 0.6 is 15.9 Å². The molecule has 0 aliphatic carbocycles. The number of nitrogens with zero attached hydrogens (tertiary/aromatic N) is 1. The summed E-state index contributed by atoms with van der Waals surface area (Å²) in [5.41, 5.74) is -0.293. The number of ether oxygens (including phenoxy) is 2. The van der Waals surface area contributed by atoms with E-state index in [9.17, 15) is 14.4 Å². The van der Waals surface area contributed by atoms with Gasteiger partial charge in [0.05, 0.1) is 19.9 Å². The van der Waals surface area contributed by atoms with Crippen LogP contribution in [0.4, 0.5) is 10.5 Å². The number of nitrogens with one attached hydrogen (secondary N) is 2. The van der Waals surface area contributed by atoms with E-state index >= 15 is 0 Å². The van der Waals surface area contributed by atoms with Gasteiger partial charge < -0.3 is 20.1 Å². The summed E-state index contributed by atoms with van der Waals surface area (Å²) in [6.07, 6.45) is 0. The van der Waals surface area contributed by atoms with Gasteiger partial charge in [0, 0.05) is 16.1 Å². The minimum absolute atomic E-state index is 0.373. The van der Waals surface area contributed by atoms with Crippen molar-refractivity contribution in [2.45, 2.75) is 12.5 Å². The summed E-state index contributed by atoms with van der Waals surface area (Å²) in [6.45, 7) is 1.17. The molecule has 9 heteroatoms. The average molecular weight is 462 g/mol. The molecule has 2 aromatic carbocycles. The molecule has 0 bridgehead atoms. The van der Waals surface area contributed by atoms with Crippen LogP contribution in [-0.4, -0.2) is 43.5 Å². The van der Waals surface area contributed by atoms with Crippen LogP contribution in [0.2, 0.25) is 0 Å². The van der Waals surface area contributed by atoms with Crippen LogP contribution in [0.3, 0.4) is 0 Å². The lowest BCUT2D eigenvalue weighted by Gasteiger charge is -2.23. The summed E-state index contributed by atoms with van der Waals surface area (Å²) in [4.78, 5) is 38.9. The first-order chi connectivity index (χ1) is 13.8. The van der Waals surface area contributed by atoms with Crippen LogP contribution in [0.25, 0.3) is 0 Å². The summed E-state index contributed by atoms with van der Waals surface area (Å²) in [5.74, 6) is -0.106. The molecule has 0 radical (unpaired) electrons. The Morgan fingerprint density at radius 2 is 1.90 bits per heavy atom. The summed E-state index contributed by atoms with van der Waals surface area (Å²) < 4.78 is 11.1. The molecule has 3 rings (SSSR count). The van der Waals surface area contributed by atoms with E-state index in [0.717, 1.165) is 4.90 Å². The van der Waals surface area contributed by atoms with Gasteiger partial charge >= 0.3 is 6.03 Å². The highest BCUT2D eigenvalue weighted by molar-refractivity contribution is 9.10. The molecular weight excluding hydrogens is 442 g/mol. The lowest BCUT2D eigenvalue weighted by molar-refractivity contribution is -0.133. The second-order valence-electron chi connectivity index (χ2n) is 6.54. The Kier molecular flexibility index (Phi) is 5.78. The maximum atomic E-state index is 13.0. The van der Waals surface area contributed by atoms with E-state index in [2.05, 4.69) is 26.6 Å². The van der Waals surface area contributed by atoms with Crippen molar-refractivity contribution in [1.29, 1.82) is 0 Å². The van der Waals surface area contributed by atoms with E-state index in [0.29, 0.717) is 27.2 Å². The van der Waals surface area contributed by atoms with Gasteiger partial charge in [-0.3, -0.25) is 14.5 Å². The minimum atomic E-state index is -1.27. The zero-order chi connectivity index (χ0) is 21.2. The van der Waals surface area contributed by atoms with Crippen molar-refractivity contribution in [3.8, 4) is 11.5 Å². The van der Waals surface area contributed by atoms with E-state index in [4.69, 9.17) is 9.47 Å². The number of rotatable bonds is 6. The minimum Gasteiger partial charge on any atom is -0.497 e. The third kappa shape index (κ3) is 3.91. The highest BCUT2D eigenvalue weighted by Gasteiger charge is 2.50. The number of imide groups is 1. The normalized spacial score (nSPS) is 18.4. The lowest BCUT2D eigenvalue weighted by atomic mass is 9.92. The Morgan fingerprint density at radius 1 is 1.17 bits per heavy atom. The first-order valence-electron chi connectivity index (χ1n) is 8.71. The van der Waals surface area contributed by atoms with Crippen LogP contribution in [0.1, 0.15) is 12.5 Å². The fourth-order valence-electron chi connectivity index (χ4n) is 3.13. The molecule has 0 saturated carbocycles. The summed E-state index contributed by atoms with van der Waals surface area (Å²) in [6, 6.07) is 11.4. The third-order valence-corrected chi connectivity index (χ3v) is 5.36. The molecule has 1 aliphatic rings. The standard InChI is InChI=1S/C20H20BrN3O5/c1-20(13-6-4-5-7-14(13)21)18(26)24(19(27)23-20)11-17(25)22-15-10-12(28-2)8-9-16(15)29-3/h4-10H,11H2,1-3H3,(H,22,25)(H,23,27). The van der Waals surface area contributed by atoms with Gasteiger partial charge in [0.2, 0.25) is 5.91 Å². The number of carbonyl (C=O) groups excluding carboxylic acids is 3.